The van der Waals surface area contributed by atoms with E-state index in [0.29, 0.717) is 13.0 Å². The molecule has 1 aliphatic heterocycles. The molecule has 0 radical (unpaired) electrons. The highest BCUT2D eigenvalue weighted by Gasteiger charge is 2.32. The Morgan fingerprint density at radius 1 is 1.62 bits per heavy atom. The zero-order valence-electron chi connectivity index (χ0n) is 8.08. The lowest BCUT2D eigenvalue weighted by atomic mass is 10.1. The van der Waals surface area contributed by atoms with Crippen LogP contribution in [0.1, 0.15) is 33.1 Å². The van der Waals surface area contributed by atoms with Crippen molar-refractivity contribution in [1.29, 1.82) is 0 Å². The fourth-order valence-corrected chi connectivity index (χ4v) is 1.39. The Balaban J connectivity index is 2.14. The van der Waals surface area contributed by atoms with Crippen LogP contribution in [-0.4, -0.2) is 29.6 Å². The molecule has 0 spiro atoms. The Kier molecular flexibility index (Phi) is 3.27. The first-order valence-electron chi connectivity index (χ1n) is 4.53. The van der Waals surface area contributed by atoms with Crippen LogP contribution in [0.15, 0.2) is 0 Å². The fraction of sp³-hybridized carbons (Fsp3) is 0.889. The third-order valence-electron chi connectivity index (χ3n) is 1.98. The smallest absolute Gasteiger partial charge is 0.303 e. The van der Waals surface area contributed by atoms with Gasteiger partial charge in [-0.2, -0.15) is 0 Å². The zero-order valence-corrected chi connectivity index (χ0v) is 8.08. The minimum absolute atomic E-state index is 0.0642. The van der Waals surface area contributed by atoms with Gasteiger partial charge in [-0.3, -0.25) is 4.79 Å². The molecular formula is C9H16O4. The molecule has 0 aromatic rings. The number of aliphatic carboxylic acids is 1. The van der Waals surface area contributed by atoms with E-state index in [2.05, 4.69) is 0 Å². The Hall–Kier alpha value is -0.610. The summed E-state index contributed by atoms with van der Waals surface area (Å²) < 4.78 is 10.9. The van der Waals surface area contributed by atoms with Crippen LogP contribution in [0.2, 0.25) is 0 Å². The Morgan fingerprint density at radius 3 is 2.77 bits per heavy atom. The van der Waals surface area contributed by atoms with Gasteiger partial charge < -0.3 is 14.6 Å². The lowest BCUT2D eigenvalue weighted by molar-refractivity contribution is -0.140. The van der Waals surface area contributed by atoms with Crippen molar-refractivity contribution in [1.82, 2.24) is 0 Å². The molecule has 1 rings (SSSR count). The second kappa shape index (κ2) is 4.07. The standard InChI is InChI=1S/C9H16O4/c1-9(2)12-6-7(13-9)4-3-5-8(10)11/h7H,3-6H2,1-2H3,(H,10,11). The molecule has 1 saturated heterocycles. The van der Waals surface area contributed by atoms with Crippen molar-refractivity contribution < 1.29 is 19.4 Å². The van der Waals surface area contributed by atoms with E-state index >= 15 is 0 Å². The molecule has 76 valence electrons. The largest absolute Gasteiger partial charge is 0.481 e. The highest BCUT2D eigenvalue weighted by molar-refractivity contribution is 5.66. The van der Waals surface area contributed by atoms with Crippen molar-refractivity contribution in [3.8, 4) is 0 Å². The lowest BCUT2D eigenvalue weighted by Crippen LogP contribution is -2.21. The molecule has 4 nitrogen and oxygen atoms in total. The fourth-order valence-electron chi connectivity index (χ4n) is 1.39. The molecule has 0 aromatic carbocycles. The first-order valence-corrected chi connectivity index (χ1v) is 4.53. The summed E-state index contributed by atoms with van der Waals surface area (Å²) in [6.45, 7) is 4.31. The first kappa shape index (κ1) is 10.5. The van der Waals surface area contributed by atoms with Gasteiger partial charge in [-0.05, 0) is 26.7 Å². The summed E-state index contributed by atoms with van der Waals surface area (Å²) in [5.74, 6) is -1.24. The minimum atomic E-state index is -0.752. The second-order valence-electron chi connectivity index (χ2n) is 3.74. The van der Waals surface area contributed by atoms with E-state index in [1.54, 1.807) is 0 Å². The molecule has 4 heteroatoms. The molecule has 1 atom stereocenters. The molecule has 1 heterocycles. The second-order valence-corrected chi connectivity index (χ2v) is 3.74. The van der Waals surface area contributed by atoms with Gasteiger partial charge in [0.1, 0.15) is 0 Å². The molecule has 0 aromatic heterocycles. The van der Waals surface area contributed by atoms with Crippen molar-refractivity contribution >= 4 is 5.97 Å². The van der Waals surface area contributed by atoms with E-state index in [4.69, 9.17) is 14.6 Å². The maximum Gasteiger partial charge on any atom is 0.303 e. The van der Waals surface area contributed by atoms with Gasteiger partial charge in [0.05, 0.1) is 12.7 Å². The summed E-state index contributed by atoms with van der Waals surface area (Å²) in [6, 6.07) is 0. The Morgan fingerprint density at radius 2 is 2.31 bits per heavy atom. The maximum absolute atomic E-state index is 10.2. The monoisotopic (exact) mass is 188 g/mol. The van der Waals surface area contributed by atoms with Gasteiger partial charge in [-0.15, -0.1) is 0 Å². The van der Waals surface area contributed by atoms with Crippen molar-refractivity contribution in [3.63, 3.8) is 0 Å². The molecule has 0 bridgehead atoms. The molecular weight excluding hydrogens is 172 g/mol. The summed E-state index contributed by atoms with van der Waals surface area (Å²) in [5, 5.41) is 8.42. The summed E-state index contributed by atoms with van der Waals surface area (Å²) in [4.78, 5) is 10.2. The average Bonchev–Trinajstić information content (AvgIpc) is 2.29. The van der Waals surface area contributed by atoms with Gasteiger partial charge in [0, 0.05) is 6.42 Å². The van der Waals surface area contributed by atoms with Crippen LogP contribution in [0.4, 0.5) is 0 Å². The predicted octanol–water partition coefficient (Wildman–Crippen LogP) is 1.39. The molecule has 1 aliphatic rings. The molecule has 13 heavy (non-hydrogen) atoms. The number of ether oxygens (including phenoxy) is 2. The van der Waals surface area contributed by atoms with E-state index in [1.807, 2.05) is 13.8 Å². The SMILES string of the molecule is CC1(C)OCC(CCCC(=O)O)O1. The summed E-state index contributed by atoms with van der Waals surface area (Å²) in [5.41, 5.74) is 0. The number of carboxylic acid groups (broad SMARTS) is 1. The number of rotatable bonds is 4. The van der Waals surface area contributed by atoms with Crippen molar-refractivity contribution in [2.75, 3.05) is 6.61 Å². The number of carboxylic acids is 1. The molecule has 1 unspecified atom stereocenters. The van der Waals surface area contributed by atoms with Crippen LogP contribution in [0.3, 0.4) is 0 Å². The quantitative estimate of drug-likeness (QED) is 0.724. The van der Waals surface area contributed by atoms with E-state index in [9.17, 15) is 4.79 Å². The Bertz CT molecular complexity index is 188. The summed E-state index contributed by atoms with van der Waals surface area (Å²) >= 11 is 0. The maximum atomic E-state index is 10.2. The van der Waals surface area contributed by atoms with Crippen LogP contribution in [0.25, 0.3) is 0 Å². The van der Waals surface area contributed by atoms with E-state index in [-0.39, 0.29) is 12.5 Å². The molecule has 0 saturated carbocycles. The van der Waals surface area contributed by atoms with Crippen molar-refractivity contribution in [2.24, 2.45) is 0 Å². The molecule has 0 aliphatic carbocycles. The third kappa shape index (κ3) is 3.74. The van der Waals surface area contributed by atoms with Crippen LogP contribution in [-0.2, 0) is 14.3 Å². The van der Waals surface area contributed by atoms with Crippen molar-refractivity contribution in [3.05, 3.63) is 0 Å². The van der Waals surface area contributed by atoms with Gasteiger partial charge in [0.15, 0.2) is 5.79 Å². The highest BCUT2D eigenvalue weighted by atomic mass is 16.7. The highest BCUT2D eigenvalue weighted by Crippen LogP contribution is 2.24. The van der Waals surface area contributed by atoms with Gasteiger partial charge in [-0.25, -0.2) is 0 Å². The molecule has 1 N–H and O–H groups in total. The number of hydrogen-bond donors (Lipinski definition) is 1. The van der Waals surface area contributed by atoms with E-state index in [1.165, 1.54) is 0 Å². The number of hydrogen-bond acceptors (Lipinski definition) is 3. The van der Waals surface area contributed by atoms with Gasteiger partial charge >= 0.3 is 5.97 Å². The van der Waals surface area contributed by atoms with E-state index < -0.39 is 11.8 Å². The summed E-state index contributed by atoms with van der Waals surface area (Å²) in [6.07, 6.45) is 1.68. The first-order chi connectivity index (χ1) is 5.99. The average molecular weight is 188 g/mol. The Labute approximate surface area is 77.8 Å². The van der Waals surface area contributed by atoms with Crippen LogP contribution in [0, 0.1) is 0 Å². The van der Waals surface area contributed by atoms with Gasteiger partial charge in [0.2, 0.25) is 0 Å². The topological polar surface area (TPSA) is 55.8 Å². The normalized spacial score (nSPS) is 26.2. The van der Waals surface area contributed by atoms with Gasteiger partial charge in [-0.1, -0.05) is 0 Å². The zero-order chi connectivity index (χ0) is 9.90. The predicted molar refractivity (Wildman–Crippen MR) is 46.4 cm³/mol. The molecule has 0 amide bonds. The molecule has 1 fully saturated rings. The van der Waals surface area contributed by atoms with Crippen LogP contribution in [0.5, 0.6) is 0 Å². The lowest BCUT2D eigenvalue weighted by Gasteiger charge is -2.16. The summed E-state index contributed by atoms with van der Waals surface area (Å²) in [7, 11) is 0. The van der Waals surface area contributed by atoms with E-state index in [0.717, 1.165) is 6.42 Å². The third-order valence-corrected chi connectivity index (χ3v) is 1.98. The van der Waals surface area contributed by atoms with Crippen molar-refractivity contribution in [2.45, 2.75) is 45.0 Å². The number of carbonyl (C=O) groups is 1. The van der Waals surface area contributed by atoms with Crippen LogP contribution < -0.4 is 0 Å². The minimum Gasteiger partial charge on any atom is -0.481 e. The van der Waals surface area contributed by atoms with Gasteiger partial charge in [0.25, 0.3) is 0 Å². The van der Waals surface area contributed by atoms with Crippen LogP contribution >= 0.6 is 0 Å².